The molecule has 0 aromatic carbocycles. The summed E-state index contributed by atoms with van der Waals surface area (Å²) in [5, 5.41) is 33.4. The number of hydrogen-bond donors (Lipinski definition) is 4. The first-order chi connectivity index (χ1) is 32.6. The van der Waals surface area contributed by atoms with Crippen LogP contribution in [-0.2, 0) is 4.79 Å². The van der Waals surface area contributed by atoms with Crippen molar-refractivity contribution in [2.75, 3.05) is 6.61 Å². The lowest BCUT2D eigenvalue weighted by Crippen LogP contribution is -2.48. The molecule has 5 nitrogen and oxygen atoms in total. The lowest BCUT2D eigenvalue weighted by molar-refractivity contribution is -0.131. The van der Waals surface area contributed by atoms with Gasteiger partial charge in [-0.05, 0) is 70.6 Å². The third-order valence-electron chi connectivity index (χ3n) is 13.6. The number of allylic oxidation sites excluding steroid dienone is 7. The van der Waals surface area contributed by atoms with Gasteiger partial charge in [-0.1, -0.05) is 287 Å². The molecule has 0 radical (unpaired) electrons. The number of carbonyl (C=O) groups excluding carboxylic acids is 1. The van der Waals surface area contributed by atoms with Crippen molar-refractivity contribution in [3.63, 3.8) is 0 Å². The van der Waals surface area contributed by atoms with Crippen LogP contribution < -0.4 is 5.32 Å². The highest BCUT2D eigenvalue weighted by molar-refractivity contribution is 5.80. The van der Waals surface area contributed by atoms with E-state index in [-0.39, 0.29) is 6.61 Å². The second-order valence-electron chi connectivity index (χ2n) is 20.2. The molecule has 3 atom stereocenters. The molecule has 66 heavy (non-hydrogen) atoms. The fourth-order valence-corrected chi connectivity index (χ4v) is 9.04. The Morgan fingerprint density at radius 3 is 0.924 bits per heavy atom. The maximum atomic E-state index is 12.6. The number of unbranched alkanes of at least 4 members (excludes halogenated alkanes) is 40. The Labute approximate surface area is 412 Å². The Hall–Kier alpha value is -1.69. The molecule has 0 aliphatic carbocycles. The molecule has 0 heterocycles. The maximum Gasteiger partial charge on any atom is 0.249 e. The SMILES string of the molecule is CCCCCCCCCCCCC/C=C/CC/C=C/CC/C=C/C(O)C(CO)NC(=O)C(O)CCCCCCCCCCCCCCCCC/C=C\CCCCCCCCCCCCCC. The van der Waals surface area contributed by atoms with Crippen molar-refractivity contribution in [2.24, 2.45) is 0 Å². The van der Waals surface area contributed by atoms with Crippen molar-refractivity contribution in [1.82, 2.24) is 5.32 Å². The van der Waals surface area contributed by atoms with E-state index in [1.54, 1.807) is 6.08 Å². The zero-order valence-corrected chi connectivity index (χ0v) is 44.3. The third kappa shape index (κ3) is 50.2. The molecule has 0 rings (SSSR count). The first-order valence-corrected chi connectivity index (χ1v) is 29.5. The zero-order chi connectivity index (χ0) is 47.9. The number of hydrogen-bond acceptors (Lipinski definition) is 4. The molecular weight excluding hydrogens is 811 g/mol. The number of aliphatic hydroxyl groups is 3. The van der Waals surface area contributed by atoms with Gasteiger partial charge >= 0.3 is 0 Å². The summed E-state index contributed by atoms with van der Waals surface area (Å²) in [5.74, 6) is -0.514. The summed E-state index contributed by atoms with van der Waals surface area (Å²) in [6.45, 7) is 4.20. The molecule has 0 aromatic rings. The van der Waals surface area contributed by atoms with E-state index in [4.69, 9.17) is 0 Å². The van der Waals surface area contributed by atoms with Crippen LogP contribution in [0.15, 0.2) is 48.6 Å². The highest BCUT2D eigenvalue weighted by Crippen LogP contribution is 2.17. The first kappa shape index (κ1) is 64.3. The van der Waals surface area contributed by atoms with Crippen molar-refractivity contribution in [3.05, 3.63) is 48.6 Å². The van der Waals surface area contributed by atoms with E-state index in [0.29, 0.717) is 6.42 Å². The Kier molecular flexibility index (Phi) is 54.5. The van der Waals surface area contributed by atoms with Gasteiger partial charge in [-0.15, -0.1) is 0 Å². The van der Waals surface area contributed by atoms with E-state index in [2.05, 4.69) is 55.6 Å². The molecule has 1 amide bonds. The van der Waals surface area contributed by atoms with Gasteiger partial charge in [0.2, 0.25) is 5.91 Å². The van der Waals surface area contributed by atoms with E-state index >= 15 is 0 Å². The second-order valence-corrected chi connectivity index (χ2v) is 20.2. The van der Waals surface area contributed by atoms with Crippen LogP contribution in [0.2, 0.25) is 0 Å². The van der Waals surface area contributed by atoms with Gasteiger partial charge in [-0.3, -0.25) is 4.79 Å². The van der Waals surface area contributed by atoms with Crippen LogP contribution in [-0.4, -0.2) is 46.1 Å². The second kappa shape index (κ2) is 55.9. The molecule has 0 saturated carbocycles. The number of nitrogens with one attached hydrogen (secondary N) is 1. The summed E-state index contributed by atoms with van der Waals surface area (Å²) < 4.78 is 0. The molecule has 4 N–H and O–H groups in total. The van der Waals surface area contributed by atoms with E-state index in [1.165, 1.54) is 244 Å². The van der Waals surface area contributed by atoms with E-state index in [0.717, 1.165) is 44.9 Å². The van der Waals surface area contributed by atoms with Gasteiger partial charge in [0.05, 0.1) is 18.8 Å². The number of rotatable bonds is 54. The fourth-order valence-electron chi connectivity index (χ4n) is 9.04. The average molecular weight is 927 g/mol. The molecule has 5 heteroatoms. The molecule has 388 valence electrons. The molecule has 0 fully saturated rings. The topological polar surface area (TPSA) is 89.8 Å². The van der Waals surface area contributed by atoms with Crippen molar-refractivity contribution in [3.8, 4) is 0 Å². The third-order valence-corrected chi connectivity index (χ3v) is 13.6. The van der Waals surface area contributed by atoms with Gasteiger partial charge in [-0.2, -0.15) is 0 Å². The van der Waals surface area contributed by atoms with E-state index < -0.39 is 24.2 Å². The van der Waals surface area contributed by atoms with Crippen molar-refractivity contribution in [1.29, 1.82) is 0 Å². The molecule has 0 saturated heterocycles. The van der Waals surface area contributed by atoms with Crippen molar-refractivity contribution in [2.45, 2.75) is 327 Å². The van der Waals surface area contributed by atoms with E-state index in [1.807, 2.05) is 6.08 Å². The van der Waals surface area contributed by atoms with Gasteiger partial charge in [0.1, 0.15) is 6.10 Å². The van der Waals surface area contributed by atoms with Crippen LogP contribution >= 0.6 is 0 Å². The largest absolute Gasteiger partial charge is 0.394 e. The Morgan fingerprint density at radius 2 is 0.621 bits per heavy atom. The highest BCUT2D eigenvalue weighted by Gasteiger charge is 2.22. The Balaban J connectivity index is 3.59. The average Bonchev–Trinajstić information content (AvgIpc) is 3.32. The van der Waals surface area contributed by atoms with Crippen LogP contribution in [0.5, 0.6) is 0 Å². The summed E-state index contributed by atoms with van der Waals surface area (Å²) in [6.07, 6.45) is 74.9. The summed E-state index contributed by atoms with van der Waals surface area (Å²) in [7, 11) is 0. The molecule has 0 spiro atoms. The van der Waals surface area contributed by atoms with Gasteiger partial charge < -0.3 is 20.6 Å². The summed E-state index contributed by atoms with van der Waals surface area (Å²) in [4.78, 5) is 12.6. The summed E-state index contributed by atoms with van der Waals surface area (Å²) in [5.41, 5.74) is 0. The lowest BCUT2D eigenvalue weighted by atomic mass is 10.0. The molecule has 0 bridgehead atoms. The standard InChI is InChI=1S/C61H115NO4/c1-3-5-7-9-11-13-15-17-19-21-23-25-26-27-28-29-30-31-32-33-34-36-38-40-42-44-46-48-50-52-54-56-60(65)61(66)62-58(57-63)59(64)55-53-51-49-47-45-43-41-39-37-35-24-22-20-18-16-14-12-10-8-6-4-2/h27-28,37,39,45,47,53,55,58-60,63-65H,3-26,29-36,38,40-44,46,48-52,54,56-57H2,1-2H3,(H,62,66)/b28-27-,39-37+,47-45+,55-53+. The Morgan fingerprint density at radius 1 is 0.364 bits per heavy atom. The minimum Gasteiger partial charge on any atom is -0.394 e. The Bertz CT molecular complexity index is 1070. The van der Waals surface area contributed by atoms with Crippen LogP contribution in [0.4, 0.5) is 0 Å². The summed E-state index contributed by atoms with van der Waals surface area (Å²) >= 11 is 0. The predicted octanol–water partition coefficient (Wildman–Crippen LogP) is 18.4. The van der Waals surface area contributed by atoms with Gasteiger partial charge in [0.15, 0.2) is 0 Å². The quantitative estimate of drug-likeness (QED) is 0.0361. The minimum absolute atomic E-state index is 0.380. The van der Waals surface area contributed by atoms with Crippen molar-refractivity contribution < 1.29 is 20.1 Å². The molecule has 0 aliphatic rings. The van der Waals surface area contributed by atoms with Crippen LogP contribution in [0.1, 0.15) is 309 Å². The van der Waals surface area contributed by atoms with Crippen molar-refractivity contribution >= 4 is 5.91 Å². The number of amides is 1. The molecule has 3 unspecified atom stereocenters. The number of carbonyl (C=O) groups is 1. The smallest absolute Gasteiger partial charge is 0.249 e. The summed E-state index contributed by atoms with van der Waals surface area (Å²) in [6, 6.07) is -0.822. The van der Waals surface area contributed by atoms with Gasteiger partial charge in [-0.25, -0.2) is 0 Å². The van der Waals surface area contributed by atoms with Gasteiger partial charge in [0.25, 0.3) is 0 Å². The van der Waals surface area contributed by atoms with E-state index in [9.17, 15) is 20.1 Å². The molecular formula is C61H115NO4. The number of aliphatic hydroxyl groups excluding tert-OH is 3. The predicted molar refractivity (Wildman–Crippen MR) is 291 cm³/mol. The first-order valence-electron chi connectivity index (χ1n) is 29.5. The normalized spacial score (nSPS) is 13.6. The fraction of sp³-hybridized carbons (Fsp3) is 0.852. The zero-order valence-electron chi connectivity index (χ0n) is 44.3. The lowest BCUT2D eigenvalue weighted by Gasteiger charge is -2.21. The molecule has 0 aromatic heterocycles. The maximum absolute atomic E-state index is 12.6. The van der Waals surface area contributed by atoms with Crippen LogP contribution in [0.25, 0.3) is 0 Å². The minimum atomic E-state index is -1.11. The monoisotopic (exact) mass is 926 g/mol. The van der Waals surface area contributed by atoms with Gasteiger partial charge in [0, 0.05) is 0 Å². The molecule has 0 aliphatic heterocycles. The van der Waals surface area contributed by atoms with Crippen LogP contribution in [0.3, 0.4) is 0 Å². The van der Waals surface area contributed by atoms with Crippen LogP contribution in [0, 0.1) is 0 Å². The highest BCUT2D eigenvalue weighted by atomic mass is 16.3.